The molecule has 0 aromatic carbocycles. The van der Waals surface area contributed by atoms with E-state index in [1.165, 1.54) is 17.7 Å². The summed E-state index contributed by atoms with van der Waals surface area (Å²) >= 11 is 4.38. The molecule has 19 heavy (non-hydrogen) atoms. The molecule has 0 fully saturated rings. The number of fused-ring (bicyclic) bond motifs is 1. The van der Waals surface area contributed by atoms with Gasteiger partial charge >= 0.3 is 5.97 Å². The lowest BCUT2D eigenvalue weighted by Gasteiger charge is -2.00. The van der Waals surface area contributed by atoms with Gasteiger partial charge in [0.2, 0.25) is 0 Å². The molecule has 3 aromatic heterocycles. The first-order valence-corrected chi connectivity index (χ1v) is 7.87. The minimum atomic E-state index is -0.910. The second-order valence-corrected chi connectivity index (χ2v) is 6.99. The zero-order valence-corrected chi connectivity index (χ0v) is 12.2. The van der Waals surface area contributed by atoms with Crippen LogP contribution in [0.4, 0.5) is 0 Å². The lowest BCUT2D eigenvalue weighted by molar-refractivity contribution is 0.0701. The topological polar surface area (TPSA) is 63.1 Å². The number of nitrogens with zero attached hydrogens (tertiary/aromatic N) is 2. The van der Waals surface area contributed by atoms with Crippen molar-refractivity contribution in [2.45, 2.75) is 16.2 Å². The largest absolute Gasteiger partial charge is 0.477 e. The van der Waals surface area contributed by atoms with E-state index in [-0.39, 0.29) is 0 Å². The minimum Gasteiger partial charge on any atom is -0.477 e. The van der Waals surface area contributed by atoms with Crippen molar-refractivity contribution >= 4 is 50.6 Å². The number of carbonyl (C=O) groups is 1. The van der Waals surface area contributed by atoms with Crippen molar-refractivity contribution < 1.29 is 9.90 Å². The van der Waals surface area contributed by atoms with E-state index in [9.17, 15) is 9.90 Å². The van der Waals surface area contributed by atoms with Crippen molar-refractivity contribution in [2.75, 3.05) is 0 Å². The molecule has 0 aliphatic carbocycles. The van der Waals surface area contributed by atoms with Gasteiger partial charge < -0.3 is 5.11 Å². The van der Waals surface area contributed by atoms with E-state index < -0.39 is 5.97 Å². The molecule has 0 atom stereocenters. The molecule has 0 aliphatic rings. The standard InChI is InChI=1S/C12H8N2O2S3/c1-6-8-10(18-7-3-2-4-17-7)13-5-14-11(8)19-9(6)12(15)16/h2-5H,1H3,(H,15,16). The lowest BCUT2D eigenvalue weighted by Crippen LogP contribution is -1.94. The van der Waals surface area contributed by atoms with Gasteiger partial charge in [0.25, 0.3) is 0 Å². The Morgan fingerprint density at radius 1 is 1.42 bits per heavy atom. The van der Waals surface area contributed by atoms with E-state index in [4.69, 9.17) is 0 Å². The molecular formula is C12H8N2O2S3. The second kappa shape index (κ2) is 4.92. The van der Waals surface area contributed by atoms with Gasteiger partial charge in [0.1, 0.15) is 21.1 Å². The molecule has 1 N–H and O–H groups in total. The molecular weight excluding hydrogens is 300 g/mol. The normalized spacial score (nSPS) is 11.0. The highest BCUT2D eigenvalue weighted by Crippen LogP contribution is 2.38. The van der Waals surface area contributed by atoms with Crippen molar-refractivity contribution in [1.82, 2.24) is 9.97 Å². The average Bonchev–Trinajstić information content (AvgIpc) is 2.98. The molecule has 0 bridgehead atoms. The van der Waals surface area contributed by atoms with Gasteiger partial charge in [0, 0.05) is 5.39 Å². The number of aromatic nitrogens is 2. The summed E-state index contributed by atoms with van der Waals surface area (Å²) in [5.41, 5.74) is 0.743. The highest BCUT2D eigenvalue weighted by molar-refractivity contribution is 8.01. The Balaban J connectivity index is 2.17. The smallest absolute Gasteiger partial charge is 0.346 e. The fourth-order valence-corrected chi connectivity index (χ4v) is 4.62. The van der Waals surface area contributed by atoms with Crippen molar-refractivity contribution in [2.24, 2.45) is 0 Å². The number of carboxylic acid groups (broad SMARTS) is 1. The SMILES string of the molecule is Cc1c(C(=O)O)sc2ncnc(Sc3cccs3)c12. The maximum Gasteiger partial charge on any atom is 0.346 e. The first-order chi connectivity index (χ1) is 9.16. The first-order valence-electron chi connectivity index (χ1n) is 5.35. The van der Waals surface area contributed by atoms with Gasteiger partial charge in [-0.15, -0.1) is 22.7 Å². The number of carboxylic acids is 1. The van der Waals surface area contributed by atoms with Crippen LogP contribution in [0.15, 0.2) is 33.1 Å². The highest BCUT2D eigenvalue weighted by atomic mass is 32.2. The summed E-state index contributed by atoms with van der Waals surface area (Å²) in [5, 5.41) is 12.8. The molecule has 0 amide bonds. The van der Waals surface area contributed by atoms with Crippen molar-refractivity contribution in [3.05, 3.63) is 34.3 Å². The van der Waals surface area contributed by atoms with Crippen LogP contribution in [0, 0.1) is 6.92 Å². The van der Waals surface area contributed by atoms with Gasteiger partial charge in [0.05, 0.1) is 4.21 Å². The van der Waals surface area contributed by atoms with E-state index in [0.29, 0.717) is 4.88 Å². The van der Waals surface area contributed by atoms with Crippen LogP contribution >= 0.6 is 34.4 Å². The molecule has 0 radical (unpaired) electrons. The zero-order chi connectivity index (χ0) is 13.4. The van der Waals surface area contributed by atoms with E-state index in [1.807, 2.05) is 24.4 Å². The van der Waals surface area contributed by atoms with Crippen LogP contribution in [0.5, 0.6) is 0 Å². The van der Waals surface area contributed by atoms with E-state index in [0.717, 1.165) is 25.0 Å². The Labute approximate surface area is 121 Å². The predicted octanol–water partition coefficient (Wildman–Crippen LogP) is 3.91. The first kappa shape index (κ1) is 12.6. The van der Waals surface area contributed by atoms with Gasteiger partial charge in [0.15, 0.2) is 0 Å². The van der Waals surface area contributed by atoms with Gasteiger partial charge in [-0.1, -0.05) is 17.8 Å². The quantitative estimate of drug-likeness (QED) is 0.743. The number of rotatable bonds is 3. The number of hydrogen-bond donors (Lipinski definition) is 1. The van der Waals surface area contributed by atoms with Gasteiger partial charge in [-0.3, -0.25) is 0 Å². The predicted molar refractivity (Wildman–Crippen MR) is 77.6 cm³/mol. The molecule has 3 heterocycles. The molecule has 0 aliphatic heterocycles. The Kier molecular flexibility index (Phi) is 3.26. The third kappa shape index (κ3) is 2.24. The molecule has 3 aromatic rings. The lowest BCUT2D eigenvalue weighted by atomic mass is 10.2. The zero-order valence-electron chi connectivity index (χ0n) is 9.78. The number of aryl methyl sites for hydroxylation is 1. The van der Waals surface area contributed by atoms with Gasteiger partial charge in [-0.2, -0.15) is 0 Å². The minimum absolute atomic E-state index is 0.337. The average molecular weight is 308 g/mol. The summed E-state index contributed by atoms with van der Waals surface area (Å²) in [6.45, 7) is 1.81. The van der Waals surface area contributed by atoms with Crippen LogP contribution in [-0.4, -0.2) is 21.0 Å². The summed E-state index contributed by atoms with van der Waals surface area (Å²) in [6.07, 6.45) is 1.49. The summed E-state index contributed by atoms with van der Waals surface area (Å²) in [5.74, 6) is -0.910. The van der Waals surface area contributed by atoms with E-state index in [2.05, 4.69) is 9.97 Å². The third-order valence-electron chi connectivity index (χ3n) is 2.58. The molecule has 0 saturated heterocycles. The Bertz CT molecular complexity index is 750. The number of thiophene rings is 2. The van der Waals surface area contributed by atoms with Gasteiger partial charge in [-0.05, 0) is 23.9 Å². The van der Waals surface area contributed by atoms with Crippen LogP contribution in [-0.2, 0) is 0 Å². The third-order valence-corrected chi connectivity index (χ3v) is 5.81. The number of hydrogen-bond acceptors (Lipinski definition) is 6. The van der Waals surface area contributed by atoms with Crippen LogP contribution in [0.3, 0.4) is 0 Å². The van der Waals surface area contributed by atoms with Crippen molar-refractivity contribution in [1.29, 1.82) is 0 Å². The monoisotopic (exact) mass is 308 g/mol. The van der Waals surface area contributed by atoms with Crippen LogP contribution in [0.25, 0.3) is 10.2 Å². The Morgan fingerprint density at radius 2 is 2.26 bits per heavy atom. The molecule has 4 nitrogen and oxygen atoms in total. The van der Waals surface area contributed by atoms with Crippen LogP contribution in [0.2, 0.25) is 0 Å². The van der Waals surface area contributed by atoms with Gasteiger partial charge in [-0.25, -0.2) is 14.8 Å². The summed E-state index contributed by atoms with van der Waals surface area (Å²) < 4.78 is 1.13. The molecule has 0 unspecified atom stereocenters. The molecule has 0 saturated carbocycles. The highest BCUT2D eigenvalue weighted by Gasteiger charge is 2.19. The maximum atomic E-state index is 11.2. The molecule has 0 spiro atoms. The fourth-order valence-electron chi connectivity index (χ4n) is 1.74. The number of aromatic carboxylic acids is 1. The Morgan fingerprint density at radius 3 is 2.95 bits per heavy atom. The van der Waals surface area contributed by atoms with E-state index >= 15 is 0 Å². The molecule has 7 heteroatoms. The second-order valence-electron chi connectivity index (χ2n) is 3.75. The van der Waals surface area contributed by atoms with Crippen LogP contribution in [0.1, 0.15) is 15.2 Å². The molecule has 96 valence electrons. The maximum absolute atomic E-state index is 11.2. The fraction of sp³-hybridized carbons (Fsp3) is 0.0833. The Hall–Kier alpha value is -1.44. The van der Waals surface area contributed by atoms with Crippen molar-refractivity contribution in [3.8, 4) is 0 Å². The van der Waals surface area contributed by atoms with Crippen molar-refractivity contribution in [3.63, 3.8) is 0 Å². The molecule has 3 rings (SSSR count). The van der Waals surface area contributed by atoms with Crippen LogP contribution < -0.4 is 0 Å². The summed E-state index contributed by atoms with van der Waals surface area (Å²) in [7, 11) is 0. The van der Waals surface area contributed by atoms with E-state index in [1.54, 1.807) is 23.1 Å². The summed E-state index contributed by atoms with van der Waals surface area (Å²) in [4.78, 5) is 20.7. The summed E-state index contributed by atoms with van der Waals surface area (Å²) in [6, 6.07) is 4.00.